The van der Waals surface area contributed by atoms with E-state index in [9.17, 15) is 9.59 Å². The fourth-order valence-corrected chi connectivity index (χ4v) is 3.54. The molecule has 7 heteroatoms. The van der Waals surface area contributed by atoms with E-state index in [4.69, 9.17) is 14.2 Å². The predicted octanol–water partition coefficient (Wildman–Crippen LogP) is 3.32. The van der Waals surface area contributed by atoms with Crippen molar-refractivity contribution in [2.75, 3.05) is 38.1 Å². The van der Waals surface area contributed by atoms with Gasteiger partial charge in [-0.05, 0) is 25.5 Å². The largest absolute Gasteiger partial charge is 0.493 e. The van der Waals surface area contributed by atoms with Gasteiger partial charge in [-0.3, -0.25) is 9.59 Å². The highest BCUT2D eigenvalue weighted by atomic mass is 16.5. The molecule has 1 heterocycles. The summed E-state index contributed by atoms with van der Waals surface area (Å²) in [6, 6.07) is 9.27. The molecule has 2 amide bonds. The number of carbonyl (C=O) groups is 2. The van der Waals surface area contributed by atoms with Crippen LogP contribution in [0.25, 0.3) is 0 Å². The highest BCUT2D eigenvalue weighted by molar-refractivity contribution is 6.04. The monoisotopic (exact) mass is 398 g/mol. The van der Waals surface area contributed by atoms with Gasteiger partial charge in [-0.2, -0.15) is 0 Å². The number of hydrogen-bond donors (Lipinski definition) is 1. The third-order valence-electron chi connectivity index (χ3n) is 5.10. The Morgan fingerprint density at radius 1 is 1.03 bits per heavy atom. The molecular weight excluding hydrogens is 372 g/mol. The number of amides is 2. The highest BCUT2D eigenvalue weighted by Crippen LogP contribution is 2.42. The van der Waals surface area contributed by atoms with Gasteiger partial charge in [-0.25, -0.2) is 0 Å². The van der Waals surface area contributed by atoms with Crippen LogP contribution >= 0.6 is 0 Å². The van der Waals surface area contributed by atoms with Crippen molar-refractivity contribution in [1.82, 2.24) is 0 Å². The summed E-state index contributed by atoms with van der Waals surface area (Å²) in [5, 5.41) is 2.95. The number of methoxy groups -OCH3 is 3. The molecule has 1 atom stereocenters. The fourth-order valence-electron chi connectivity index (χ4n) is 3.54. The van der Waals surface area contributed by atoms with E-state index in [1.165, 1.54) is 21.3 Å². The third-order valence-corrected chi connectivity index (χ3v) is 5.10. The molecule has 1 N–H and O–H groups in total. The van der Waals surface area contributed by atoms with Gasteiger partial charge in [-0.1, -0.05) is 17.7 Å². The average molecular weight is 398 g/mol. The normalized spacial score (nSPS) is 16.0. The summed E-state index contributed by atoms with van der Waals surface area (Å²) in [6.45, 7) is 4.24. The molecule has 0 spiro atoms. The van der Waals surface area contributed by atoms with Crippen LogP contribution in [-0.2, 0) is 9.59 Å². The molecule has 0 radical (unpaired) electrons. The Kier molecular flexibility index (Phi) is 5.96. The second-order valence-corrected chi connectivity index (χ2v) is 7.10. The minimum atomic E-state index is -0.442. The first-order valence-corrected chi connectivity index (χ1v) is 9.36. The van der Waals surface area contributed by atoms with Crippen LogP contribution in [0.15, 0.2) is 30.3 Å². The van der Waals surface area contributed by atoms with Crippen LogP contribution in [-0.4, -0.2) is 39.7 Å². The maximum atomic E-state index is 12.8. The van der Waals surface area contributed by atoms with Gasteiger partial charge in [0.05, 0.1) is 32.9 Å². The first-order chi connectivity index (χ1) is 13.9. The zero-order valence-corrected chi connectivity index (χ0v) is 17.4. The highest BCUT2D eigenvalue weighted by Gasteiger charge is 2.36. The maximum Gasteiger partial charge on any atom is 0.229 e. The molecule has 3 rings (SSSR count). The number of nitrogens with zero attached hydrogens (tertiary/aromatic N) is 1. The van der Waals surface area contributed by atoms with E-state index in [0.29, 0.717) is 22.9 Å². The molecule has 0 aromatic heterocycles. The fraction of sp³-hybridized carbons (Fsp3) is 0.364. The van der Waals surface area contributed by atoms with Crippen LogP contribution < -0.4 is 24.4 Å². The molecule has 1 fully saturated rings. The van der Waals surface area contributed by atoms with Crippen molar-refractivity contribution in [2.45, 2.75) is 20.3 Å². The van der Waals surface area contributed by atoms with E-state index in [0.717, 1.165) is 16.8 Å². The van der Waals surface area contributed by atoms with Crippen LogP contribution in [0.5, 0.6) is 17.2 Å². The molecule has 0 unspecified atom stereocenters. The Morgan fingerprint density at radius 3 is 2.24 bits per heavy atom. The van der Waals surface area contributed by atoms with Crippen molar-refractivity contribution in [3.63, 3.8) is 0 Å². The van der Waals surface area contributed by atoms with E-state index in [1.807, 2.05) is 32.0 Å². The summed E-state index contributed by atoms with van der Waals surface area (Å²) in [4.78, 5) is 27.0. The van der Waals surface area contributed by atoms with Gasteiger partial charge >= 0.3 is 0 Å². The van der Waals surface area contributed by atoms with Gasteiger partial charge in [0.1, 0.15) is 0 Å². The van der Waals surface area contributed by atoms with Crippen LogP contribution in [0.1, 0.15) is 17.5 Å². The predicted molar refractivity (Wildman–Crippen MR) is 111 cm³/mol. The quantitative estimate of drug-likeness (QED) is 0.808. The number of rotatable bonds is 6. The lowest BCUT2D eigenvalue weighted by Crippen LogP contribution is -2.28. The SMILES string of the molecule is COc1cc(N2C[C@@H](C(=O)Nc3ccc(C)cc3C)CC2=O)cc(OC)c1OC. The Bertz CT molecular complexity index is 916. The average Bonchev–Trinajstić information content (AvgIpc) is 3.10. The molecule has 154 valence electrons. The van der Waals surface area contributed by atoms with E-state index < -0.39 is 5.92 Å². The Balaban J connectivity index is 1.80. The number of anilines is 2. The molecule has 2 aromatic carbocycles. The molecule has 2 aromatic rings. The lowest BCUT2D eigenvalue weighted by atomic mass is 10.1. The molecule has 0 aliphatic carbocycles. The van der Waals surface area contributed by atoms with Crippen molar-refractivity contribution in [2.24, 2.45) is 5.92 Å². The van der Waals surface area contributed by atoms with E-state index in [-0.39, 0.29) is 24.8 Å². The third kappa shape index (κ3) is 4.13. The lowest BCUT2D eigenvalue weighted by Gasteiger charge is -2.20. The smallest absolute Gasteiger partial charge is 0.229 e. The van der Waals surface area contributed by atoms with Gasteiger partial charge in [-0.15, -0.1) is 0 Å². The van der Waals surface area contributed by atoms with Crippen LogP contribution in [0.4, 0.5) is 11.4 Å². The lowest BCUT2D eigenvalue weighted by molar-refractivity contribution is -0.122. The van der Waals surface area contributed by atoms with Crippen LogP contribution in [0.2, 0.25) is 0 Å². The summed E-state index contributed by atoms with van der Waals surface area (Å²) in [6.07, 6.45) is 0.146. The molecular formula is C22H26N2O5. The van der Waals surface area contributed by atoms with Crippen molar-refractivity contribution >= 4 is 23.2 Å². The first-order valence-electron chi connectivity index (χ1n) is 9.36. The summed E-state index contributed by atoms with van der Waals surface area (Å²) in [7, 11) is 4.56. The minimum Gasteiger partial charge on any atom is -0.493 e. The van der Waals surface area contributed by atoms with Gasteiger partial charge in [0, 0.05) is 30.8 Å². The topological polar surface area (TPSA) is 77.1 Å². The van der Waals surface area contributed by atoms with Gasteiger partial charge < -0.3 is 24.4 Å². The summed E-state index contributed by atoms with van der Waals surface area (Å²) < 4.78 is 16.1. The molecule has 1 aliphatic rings. The summed E-state index contributed by atoms with van der Waals surface area (Å²) in [5.74, 6) is 0.632. The Morgan fingerprint density at radius 2 is 1.69 bits per heavy atom. The minimum absolute atomic E-state index is 0.125. The van der Waals surface area contributed by atoms with Crippen LogP contribution in [0.3, 0.4) is 0 Å². The molecule has 1 saturated heterocycles. The van der Waals surface area contributed by atoms with Crippen molar-refractivity contribution < 1.29 is 23.8 Å². The second-order valence-electron chi connectivity index (χ2n) is 7.10. The van der Waals surface area contributed by atoms with Crippen molar-refractivity contribution in [3.8, 4) is 17.2 Å². The number of hydrogen-bond acceptors (Lipinski definition) is 5. The zero-order chi connectivity index (χ0) is 21.1. The number of carbonyl (C=O) groups excluding carboxylic acids is 2. The van der Waals surface area contributed by atoms with Gasteiger partial charge in [0.15, 0.2) is 11.5 Å². The maximum absolute atomic E-state index is 12.8. The number of nitrogens with one attached hydrogen (secondary N) is 1. The molecule has 1 aliphatic heterocycles. The van der Waals surface area contributed by atoms with E-state index >= 15 is 0 Å². The van der Waals surface area contributed by atoms with E-state index in [1.54, 1.807) is 17.0 Å². The summed E-state index contributed by atoms with van der Waals surface area (Å²) >= 11 is 0. The Hall–Kier alpha value is -3.22. The summed E-state index contributed by atoms with van der Waals surface area (Å²) in [5.41, 5.74) is 3.49. The molecule has 0 bridgehead atoms. The Labute approximate surface area is 170 Å². The molecule has 0 saturated carbocycles. The number of ether oxygens (including phenoxy) is 3. The number of aryl methyl sites for hydroxylation is 2. The van der Waals surface area contributed by atoms with Crippen molar-refractivity contribution in [3.05, 3.63) is 41.5 Å². The number of benzene rings is 2. The first kappa shape index (κ1) is 20.5. The van der Waals surface area contributed by atoms with Crippen molar-refractivity contribution in [1.29, 1.82) is 0 Å². The molecule has 7 nitrogen and oxygen atoms in total. The zero-order valence-electron chi connectivity index (χ0n) is 17.4. The van der Waals surface area contributed by atoms with Gasteiger partial charge in [0.2, 0.25) is 17.6 Å². The molecule has 29 heavy (non-hydrogen) atoms. The van der Waals surface area contributed by atoms with Gasteiger partial charge in [0.25, 0.3) is 0 Å². The van der Waals surface area contributed by atoms with Crippen LogP contribution in [0, 0.1) is 19.8 Å². The van der Waals surface area contributed by atoms with E-state index in [2.05, 4.69) is 5.32 Å². The standard InChI is InChI=1S/C22H26N2O5/c1-13-6-7-17(14(2)8-13)23-22(26)15-9-20(25)24(12-15)16-10-18(27-3)21(29-5)19(11-16)28-4/h6-8,10-11,15H,9,12H2,1-5H3,(H,23,26)/t15-/m0/s1. The second kappa shape index (κ2) is 8.43.